The van der Waals surface area contributed by atoms with Gasteiger partial charge >= 0.3 is 0 Å². The molecule has 0 spiro atoms. The van der Waals surface area contributed by atoms with Gasteiger partial charge in [-0.2, -0.15) is 0 Å². The molecule has 0 radical (unpaired) electrons. The Labute approximate surface area is 198 Å². The molecular weight excluding hydrogens is 464 g/mol. The van der Waals surface area contributed by atoms with Crippen molar-refractivity contribution in [1.29, 1.82) is 0 Å². The molecule has 34 heavy (non-hydrogen) atoms. The fourth-order valence-electron chi connectivity index (χ4n) is 3.45. The maximum Gasteiger partial charge on any atom is 0.240 e. The molecule has 0 unspecified atom stereocenters. The van der Waals surface area contributed by atoms with Gasteiger partial charge in [0.1, 0.15) is 17.1 Å². The third-order valence-electron chi connectivity index (χ3n) is 5.20. The molecular formula is C21H30N6O6S. The molecule has 0 fully saturated rings. The van der Waals surface area contributed by atoms with E-state index in [1.165, 1.54) is 14.0 Å². The Morgan fingerprint density at radius 1 is 1.06 bits per heavy atom. The number of nitrogens with zero attached hydrogens (tertiary/aromatic N) is 5. The highest BCUT2D eigenvalue weighted by Gasteiger charge is 2.35. The zero-order valence-corrected chi connectivity index (χ0v) is 20.9. The highest BCUT2D eigenvalue weighted by molar-refractivity contribution is 7.93. The SMILES string of the molecule is COCC(COC)n1c(NS(=O)(=O)[C@@H](C)[C@H](OC)c2ncc(C)cn2)nnc1-c1ccc(C)o1. The fraction of sp³-hybridized carbons (Fsp3) is 0.524. The topological polar surface area (TPSA) is 143 Å². The van der Waals surface area contributed by atoms with Crippen LogP contribution in [0.3, 0.4) is 0 Å². The van der Waals surface area contributed by atoms with Gasteiger partial charge in [-0.25, -0.2) is 18.4 Å². The number of ether oxygens (including phenoxy) is 3. The van der Waals surface area contributed by atoms with Gasteiger partial charge in [0.15, 0.2) is 11.6 Å². The summed E-state index contributed by atoms with van der Waals surface area (Å²) >= 11 is 0. The van der Waals surface area contributed by atoms with Crippen LogP contribution in [0.1, 0.15) is 36.2 Å². The summed E-state index contributed by atoms with van der Waals surface area (Å²) in [5.74, 6) is 1.70. The summed E-state index contributed by atoms with van der Waals surface area (Å²) in [7, 11) is 0.471. The first-order valence-electron chi connectivity index (χ1n) is 10.5. The number of aromatic nitrogens is 5. The zero-order valence-electron chi connectivity index (χ0n) is 20.0. The second kappa shape index (κ2) is 11.0. The van der Waals surface area contributed by atoms with Crippen molar-refractivity contribution in [3.05, 3.63) is 41.7 Å². The minimum absolute atomic E-state index is 0.00493. The number of sulfonamides is 1. The molecule has 12 nitrogen and oxygen atoms in total. The van der Waals surface area contributed by atoms with Crippen molar-refractivity contribution in [3.63, 3.8) is 0 Å². The van der Waals surface area contributed by atoms with Crippen LogP contribution in [0.25, 0.3) is 11.6 Å². The number of anilines is 1. The van der Waals surface area contributed by atoms with Crippen LogP contribution >= 0.6 is 0 Å². The van der Waals surface area contributed by atoms with Crippen molar-refractivity contribution in [3.8, 4) is 11.6 Å². The Morgan fingerprint density at radius 2 is 1.71 bits per heavy atom. The minimum atomic E-state index is -4.02. The molecule has 3 rings (SSSR count). The number of furan rings is 1. The van der Waals surface area contributed by atoms with Crippen molar-refractivity contribution in [2.24, 2.45) is 0 Å². The third kappa shape index (κ3) is 5.60. The number of methoxy groups -OCH3 is 3. The summed E-state index contributed by atoms with van der Waals surface area (Å²) in [6.45, 7) is 5.60. The smallest absolute Gasteiger partial charge is 0.240 e. The van der Waals surface area contributed by atoms with E-state index in [0.29, 0.717) is 17.3 Å². The molecule has 186 valence electrons. The van der Waals surface area contributed by atoms with Gasteiger partial charge in [0.25, 0.3) is 0 Å². The van der Waals surface area contributed by atoms with Crippen LogP contribution in [0.5, 0.6) is 0 Å². The Balaban J connectivity index is 1.99. The summed E-state index contributed by atoms with van der Waals surface area (Å²) in [5, 5.41) is 7.24. The molecule has 0 aliphatic rings. The first kappa shape index (κ1) is 25.7. The average Bonchev–Trinajstić information content (AvgIpc) is 3.41. The lowest BCUT2D eigenvalue weighted by Gasteiger charge is -2.24. The predicted molar refractivity (Wildman–Crippen MR) is 124 cm³/mol. The van der Waals surface area contributed by atoms with E-state index in [0.717, 1.165) is 5.56 Å². The normalized spacial score (nSPS) is 13.9. The highest BCUT2D eigenvalue weighted by atomic mass is 32.2. The van der Waals surface area contributed by atoms with Crippen LogP contribution in [0.2, 0.25) is 0 Å². The number of rotatable bonds is 12. The van der Waals surface area contributed by atoms with Crippen molar-refractivity contribution < 1.29 is 27.0 Å². The van der Waals surface area contributed by atoms with Crippen LogP contribution in [-0.2, 0) is 24.2 Å². The maximum atomic E-state index is 13.4. The van der Waals surface area contributed by atoms with Crippen LogP contribution in [0.15, 0.2) is 28.9 Å². The maximum absolute atomic E-state index is 13.4. The largest absolute Gasteiger partial charge is 0.458 e. The lowest BCUT2D eigenvalue weighted by Crippen LogP contribution is -2.34. The van der Waals surface area contributed by atoms with Gasteiger partial charge in [-0.3, -0.25) is 9.29 Å². The summed E-state index contributed by atoms with van der Waals surface area (Å²) in [6, 6.07) is 3.09. The van der Waals surface area contributed by atoms with Crippen molar-refractivity contribution in [2.75, 3.05) is 39.3 Å². The van der Waals surface area contributed by atoms with Gasteiger partial charge in [-0.05, 0) is 38.5 Å². The molecule has 0 aromatic carbocycles. The third-order valence-corrected chi connectivity index (χ3v) is 6.89. The molecule has 2 atom stereocenters. The monoisotopic (exact) mass is 494 g/mol. The Kier molecular flexibility index (Phi) is 8.36. The Hall–Kier alpha value is -2.87. The van der Waals surface area contributed by atoms with Gasteiger partial charge < -0.3 is 18.6 Å². The molecule has 3 aromatic heterocycles. The molecule has 3 aromatic rings. The number of aryl methyl sites for hydroxylation is 2. The van der Waals surface area contributed by atoms with Crippen molar-refractivity contribution >= 4 is 16.0 Å². The Bertz CT molecular complexity index is 1170. The number of nitrogens with one attached hydrogen (secondary N) is 1. The van der Waals surface area contributed by atoms with Gasteiger partial charge in [0.2, 0.25) is 21.8 Å². The zero-order chi connectivity index (χ0) is 24.9. The first-order chi connectivity index (χ1) is 16.2. The van der Waals surface area contributed by atoms with E-state index in [-0.39, 0.29) is 25.0 Å². The van der Waals surface area contributed by atoms with E-state index < -0.39 is 27.4 Å². The molecule has 0 aliphatic carbocycles. The molecule has 0 amide bonds. The standard InChI is InChI=1S/C21H30N6O6S/c1-13-9-22-19(23-10-13)18(32-6)15(3)34(28,29)26-21-25-24-20(17-8-7-14(2)33-17)27(21)16(11-30-4)12-31-5/h7-10,15-16,18H,11-12H2,1-6H3,(H,25,26)/t15-,18-/m0/s1. The molecule has 0 saturated heterocycles. The van der Waals surface area contributed by atoms with E-state index in [2.05, 4.69) is 24.9 Å². The number of hydrogen-bond acceptors (Lipinski definition) is 10. The van der Waals surface area contributed by atoms with E-state index in [1.807, 2.05) is 6.92 Å². The average molecular weight is 495 g/mol. The first-order valence-corrected chi connectivity index (χ1v) is 12.1. The summed E-state index contributed by atoms with van der Waals surface area (Å²) < 4.78 is 52.7. The second-order valence-corrected chi connectivity index (χ2v) is 9.86. The van der Waals surface area contributed by atoms with Crippen molar-refractivity contribution in [1.82, 2.24) is 24.7 Å². The summed E-state index contributed by atoms with van der Waals surface area (Å²) in [6.07, 6.45) is 2.31. The van der Waals surface area contributed by atoms with Crippen LogP contribution in [0.4, 0.5) is 5.95 Å². The van der Waals surface area contributed by atoms with Gasteiger partial charge in [0, 0.05) is 33.7 Å². The van der Waals surface area contributed by atoms with Gasteiger partial charge in [-0.15, -0.1) is 10.2 Å². The minimum Gasteiger partial charge on any atom is -0.458 e. The van der Waals surface area contributed by atoms with Crippen molar-refractivity contribution in [2.45, 2.75) is 38.2 Å². The van der Waals surface area contributed by atoms with Crippen LogP contribution in [0, 0.1) is 13.8 Å². The predicted octanol–water partition coefficient (Wildman–Crippen LogP) is 2.30. The Morgan fingerprint density at radius 3 is 2.24 bits per heavy atom. The van der Waals surface area contributed by atoms with E-state index in [9.17, 15) is 8.42 Å². The molecule has 0 saturated carbocycles. The van der Waals surface area contributed by atoms with Crippen LogP contribution in [-0.4, -0.2) is 72.9 Å². The van der Waals surface area contributed by atoms with Gasteiger partial charge in [0.05, 0.1) is 19.3 Å². The van der Waals surface area contributed by atoms with E-state index in [4.69, 9.17) is 18.6 Å². The molecule has 0 bridgehead atoms. The van der Waals surface area contributed by atoms with Crippen LogP contribution < -0.4 is 4.72 Å². The second-order valence-electron chi connectivity index (χ2n) is 7.82. The lowest BCUT2D eigenvalue weighted by molar-refractivity contribution is 0.0906. The quantitative estimate of drug-likeness (QED) is 0.398. The highest BCUT2D eigenvalue weighted by Crippen LogP contribution is 2.29. The fourth-order valence-corrected chi connectivity index (χ4v) is 4.59. The summed E-state index contributed by atoms with van der Waals surface area (Å²) in [5.41, 5.74) is 0.850. The van der Waals surface area contributed by atoms with E-state index in [1.54, 1.807) is 50.2 Å². The molecule has 3 heterocycles. The molecule has 0 aliphatic heterocycles. The molecule has 13 heteroatoms. The number of hydrogen-bond donors (Lipinski definition) is 1. The van der Waals surface area contributed by atoms with E-state index >= 15 is 0 Å². The lowest BCUT2D eigenvalue weighted by atomic mass is 10.2. The summed E-state index contributed by atoms with van der Waals surface area (Å²) in [4.78, 5) is 8.45. The molecule has 1 N–H and O–H groups in total. The van der Waals surface area contributed by atoms with Gasteiger partial charge in [-0.1, -0.05) is 0 Å².